The normalized spacial score (nSPS) is 10.1. The molecule has 2 aromatic rings. The van der Waals surface area contributed by atoms with Gasteiger partial charge in [0.25, 0.3) is 5.91 Å². The van der Waals surface area contributed by atoms with Gasteiger partial charge in [0.1, 0.15) is 12.3 Å². The molecule has 2 rings (SSSR count). The summed E-state index contributed by atoms with van der Waals surface area (Å²) >= 11 is 0. The van der Waals surface area contributed by atoms with Gasteiger partial charge in [-0.15, -0.1) is 0 Å². The molecular weight excluding hydrogens is 288 g/mol. The number of nitrogens with zero attached hydrogens (tertiary/aromatic N) is 1. The zero-order valence-electron chi connectivity index (χ0n) is 12.3. The minimum Gasteiger partial charge on any atom is -0.496 e. The monoisotopic (exact) mass is 304 g/mol. The van der Waals surface area contributed by atoms with E-state index < -0.39 is 11.9 Å². The molecule has 0 radical (unpaired) electrons. The molecule has 0 fully saturated rings. The summed E-state index contributed by atoms with van der Waals surface area (Å²) in [6.45, 7) is 1.50. The number of carbonyl (C=O) groups is 2. The van der Waals surface area contributed by atoms with Crippen molar-refractivity contribution in [1.82, 2.24) is 10.5 Å². The van der Waals surface area contributed by atoms with E-state index in [-0.39, 0.29) is 13.2 Å². The van der Waals surface area contributed by atoms with Crippen LogP contribution in [0.2, 0.25) is 0 Å². The van der Waals surface area contributed by atoms with Crippen LogP contribution >= 0.6 is 0 Å². The molecule has 0 saturated heterocycles. The lowest BCUT2D eigenvalue weighted by molar-refractivity contribution is -0.144. The smallest absolute Gasteiger partial charge is 0.325 e. The van der Waals surface area contributed by atoms with Crippen LogP contribution in [0.5, 0.6) is 5.75 Å². The summed E-state index contributed by atoms with van der Waals surface area (Å²) in [6.07, 6.45) is 0. The lowest BCUT2D eigenvalue weighted by atomic mass is 10.2. The average Bonchev–Trinajstić information content (AvgIpc) is 2.96. The number of hydrogen-bond donors (Lipinski definition) is 1. The summed E-state index contributed by atoms with van der Waals surface area (Å²) in [5.74, 6) is -0.102. The molecule has 0 bridgehead atoms. The first-order valence-corrected chi connectivity index (χ1v) is 6.59. The highest BCUT2D eigenvalue weighted by Crippen LogP contribution is 2.16. The van der Waals surface area contributed by atoms with Gasteiger partial charge in [0.15, 0.2) is 12.4 Å². The van der Waals surface area contributed by atoms with Gasteiger partial charge in [0.2, 0.25) is 0 Å². The van der Waals surface area contributed by atoms with Crippen molar-refractivity contribution in [2.45, 2.75) is 13.5 Å². The number of amides is 1. The molecule has 0 spiro atoms. The molecule has 7 nitrogen and oxygen atoms in total. The van der Waals surface area contributed by atoms with Gasteiger partial charge < -0.3 is 19.3 Å². The number of esters is 1. The van der Waals surface area contributed by atoms with Crippen LogP contribution in [0.25, 0.3) is 0 Å². The Morgan fingerprint density at radius 2 is 2.09 bits per heavy atom. The predicted molar refractivity (Wildman–Crippen MR) is 76.4 cm³/mol. The number of para-hydroxylation sites is 1. The zero-order valence-corrected chi connectivity index (χ0v) is 12.3. The molecule has 1 aromatic carbocycles. The first-order chi connectivity index (χ1) is 10.6. The Bertz CT molecular complexity index is 665. The van der Waals surface area contributed by atoms with Crippen LogP contribution in [0.15, 0.2) is 34.9 Å². The SMILES string of the molecule is COc1ccccc1C(=O)NCC(=O)OCc1cc(C)no1. The Morgan fingerprint density at radius 3 is 2.77 bits per heavy atom. The highest BCUT2D eigenvalue weighted by molar-refractivity contribution is 5.98. The quantitative estimate of drug-likeness (QED) is 0.813. The molecule has 0 aliphatic carbocycles. The van der Waals surface area contributed by atoms with Crippen molar-refractivity contribution in [2.24, 2.45) is 0 Å². The topological polar surface area (TPSA) is 90.7 Å². The number of hydrogen-bond acceptors (Lipinski definition) is 6. The van der Waals surface area contributed by atoms with Gasteiger partial charge in [-0.2, -0.15) is 0 Å². The van der Waals surface area contributed by atoms with E-state index in [4.69, 9.17) is 14.0 Å². The first-order valence-electron chi connectivity index (χ1n) is 6.59. The molecule has 1 amide bonds. The zero-order chi connectivity index (χ0) is 15.9. The highest BCUT2D eigenvalue weighted by atomic mass is 16.5. The fourth-order valence-electron chi connectivity index (χ4n) is 1.77. The number of methoxy groups -OCH3 is 1. The van der Waals surface area contributed by atoms with Crippen molar-refractivity contribution in [3.05, 3.63) is 47.3 Å². The van der Waals surface area contributed by atoms with Gasteiger partial charge >= 0.3 is 5.97 Å². The minimum absolute atomic E-state index is 0.0236. The molecule has 1 heterocycles. The molecule has 1 N–H and O–H groups in total. The molecule has 116 valence electrons. The van der Waals surface area contributed by atoms with E-state index in [9.17, 15) is 9.59 Å². The highest BCUT2D eigenvalue weighted by Gasteiger charge is 2.13. The number of aromatic nitrogens is 1. The van der Waals surface area contributed by atoms with E-state index in [0.717, 1.165) is 0 Å². The second-order valence-electron chi connectivity index (χ2n) is 4.48. The van der Waals surface area contributed by atoms with E-state index in [2.05, 4.69) is 10.5 Å². The van der Waals surface area contributed by atoms with Crippen LogP contribution < -0.4 is 10.1 Å². The van der Waals surface area contributed by atoms with Crippen molar-refractivity contribution < 1.29 is 23.6 Å². The third kappa shape index (κ3) is 4.08. The van der Waals surface area contributed by atoms with Crippen molar-refractivity contribution in [3.63, 3.8) is 0 Å². The van der Waals surface area contributed by atoms with Crippen LogP contribution in [0.1, 0.15) is 21.8 Å². The van der Waals surface area contributed by atoms with Gasteiger partial charge in [-0.1, -0.05) is 17.3 Å². The largest absolute Gasteiger partial charge is 0.496 e. The summed E-state index contributed by atoms with van der Waals surface area (Å²) < 4.78 is 15.0. The second kappa shape index (κ2) is 7.26. The number of carbonyl (C=O) groups excluding carboxylic acids is 2. The van der Waals surface area contributed by atoms with Crippen LogP contribution in [-0.4, -0.2) is 30.7 Å². The Labute approximate surface area is 127 Å². The summed E-state index contributed by atoms with van der Waals surface area (Å²) in [4.78, 5) is 23.6. The number of aryl methyl sites for hydroxylation is 1. The van der Waals surface area contributed by atoms with Crippen molar-refractivity contribution in [1.29, 1.82) is 0 Å². The Balaban J connectivity index is 1.81. The second-order valence-corrected chi connectivity index (χ2v) is 4.48. The number of rotatable bonds is 6. The van der Waals surface area contributed by atoms with Crippen LogP contribution in [0, 0.1) is 6.92 Å². The maximum Gasteiger partial charge on any atom is 0.325 e. The Kier molecular flexibility index (Phi) is 5.13. The van der Waals surface area contributed by atoms with E-state index in [1.54, 1.807) is 37.3 Å². The van der Waals surface area contributed by atoms with Gasteiger partial charge in [0, 0.05) is 6.07 Å². The molecule has 0 aliphatic rings. The molecule has 0 atom stereocenters. The molecular formula is C15H16N2O5. The number of benzene rings is 1. The summed E-state index contributed by atoms with van der Waals surface area (Å²) in [6, 6.07) is 8.40. The Morgan fingerprint density at radius 1 is 1.32 bits per heavy atom. The maximum absolute atomic E-state index is 12.0. The third-order valence-corrected chi connectivity index (χ3v) is 2.80. The summed E-state index contributed by atoms with van der Waals surface area (Å²) in [7, 11) is 1.47. The molecule has 0 unspecified atom stereocenters. The lowest BCUT2D eigenvalue weighted by Gasteiger charge is -2.08. The maximum atomic E-state index is 12.0. The van der Waals surface area contributed by atoms with Gasteiger partial charge in [0.05, 0.1) is 18.4 Å². The van der Waals surface area contributed by atoms with E-state index in [0.29, 0.717) is 22.8 Å². The van der Waals surface area contributed by atoms with Crippen molar-refractivity contribution in [3.8, 4) is 5.75 Å². The fraction of sp³-hybridized carbons (Fsp3) is 0.267. The third-order valence-electron chi connectivity index (χ3n) is 2.80. The van der Waals surface area contributed by atoms with E-state index in [1.165, 1.54) is 7.11 Å². The molecule has 1 aromatic heterocycles. The predicted octanol–water partition coefficient (Wildman–Crippen LogP) is 1.46. The first kappa shape index (κ1) is 15.6. The fourth-order valence-corrected chi connectivity index (χ4v) is 1.77. The summed E-state index contributed by atoms with van der Waals surface area (Å²) in [5, 5.41) is 6.15. The summed E-state index contributed by atoms with van der Waals surface area (Å²) in [5.41, 5.74) is 1.05. The molecule has 0 aliphatic heterocycles. The molecule has 0 saturated carbocycles. The van der Waals surface area contributed by atoms with Gasteiger partial charge in [-0.3, -0.25) is 9.59 Å². The van der Waals surface area contributed by atoms with Crippen molar-refractivity contribution >= 4 is 11.9 Å². The minimum atomic E-state index is -0.572. The van der Waals surface area contributed by atoms with E-state index in [1.807, 2.05) is 0 Å². The number of nitrogens with one attached hydrogen (secondary N) is 1. The van der Waals surface area contributed by atoms with Crippen LogP contribution in [-0.2, 0) is 16.1 Å². The standard InChI is InChI=1S/C15H16N2O5/c1-10-7-11(22-17-10)9-21-14(18)8-16-15(19)12-5-3-4-6-13(12)20-2/h3-7H,8-9H2,1-2H3,(H,16,19). The van der Waals surface area contributed by atoms with Crippen LogP contribution in [0.3, 0.4) is 0 Å². The van der Waals surface area contributed by atoms with Gasteiger partial charge in [-0.05, 0) is 19.1 Å². The van der Waals surface area contributed by atoms with E-state index >= 15 is 0 Å². The van der Waals surface area contributed by atoms with Gasteiger partial charge in [-0.25, -0.2) is 0 Å². The average molecular weight is 304 g/mol. The molecule has 22 heavy (non-hydrogen) atoms. The Hall–Kier alpha value is -2.83. The molecule has 7 heteroatoms. The van der Waals surface area contributed by atoms with Crippen molar-refractivity contribution in [2.75, 3.05) is 13.7 Å². The lowest BCUT2D eigenvalue weighted by Crippen LogP contribution is -2.30. The van der Waals surface area contributed by atoms with Crippen LogP contribution in [0.4, 0.5) is 0 Å². The number of ether oxygens (including phenoxy) is 2.